The van der Waals surface area contributed by atoms with Gasteiger partial charge in [-0.3, -0.25) is 9.59 Å². The van der Waals surface area contributed by atoms with Crippen LogP contribution in [0.15, 0.2) is 0 Å². The predicted octanol–water partition coefficient (Wildman–Crippen LogP) is 15.3. The minimum absolute atomic E-state index is 0.0463. The summed E-state index contributed by atoms with van der Waals surface area (Å²) in [5.41, 5.74) is 0.500. The summed E-state index contributed by atoms with van der Waals surface area (Å²) in [5, 5.41) is 0. The van der Waals surface area contributed by atoms with Crippen LogP contribution in [0.25, 0.3) is 0 Å². The number of rotatable bonds is 2. The van der Waals surface area contributed by atoms with E-state index < -0.39 is 0 Å². The van der Waals surface area contributed by atoms with Crippen molar-refractivity contribution in [3.05, 3.63) is 0 Å². The van der Waals surface area contributed by atoms with E-state index in [1.165, 1.54) is 42.9 Å². The number of hydrogen-bond acceptors (Lipinski definition) is 5. The molecular formula is C51H102O5. The maximum absolute atomic E-state index is 11.4. The topological polar surface area (TPSA) is 61.8 Å². The molecule has 0 spiro atoms. The van der Waals surface area contributed by atoms with Gasteiger partial charge in [0.2, 0.25) is 0 Å². The Bertz CT molecular complexity index is 889. The Morgan fingerprint density at radius 2 is 1.02 bits per heavy atom. The number of fused-ring (bicyclic) bond motifs is 1. The number of esters is 2. The van der Waals surface area contributed by atoms with Gasteiger partial charge in [-0.1, -0.05) is 138 Å². The van der Waals surface area contributed by atoms with Gasteiger partial charge in [0.25, 0.3) is 0 Å². The molecule has 6 bridgehead atoms. The zero-order chi connectivity index (χ0) is 43.8. The second kappa shape index (κ2) is 30.9. The van der Waals surface area contributed by atoms with Crippen molar-refractivity contribution in [3.63, 3.8) is 0 Å². The van der Waals surface area contributed by atoms with Crippen molar-refractivity contribution in [1.29, 1.82) is 0 Å². The minimum atomic E-state index is -0.0463. The van der Waals surface area contributed by atoms with Crippen LogP contribution < -0.4 is 0 Å². The van der Waals surface area contributed by atoms with Gasteiger partial charge in [-0.2, -0.15) is 0 Å². The van der Waals surface area contributed by atoms with E-state index in [0.29, 0.717) is 42.3 Å². The van der Waals surface area contributed by atoms with Crippen LogP contribution >= 0.6 is 0 Å². The summed E-state index contributed by atoms with van der Waals surface area (Å²) in [6.07, 6.45) is 16.9. The highest BCUT2D eigenvalue weighted by atomic mass is 16.6. The van der Waals surface area contributed by atoms with Gasteiger partial charge in [-0.05, 0) is 129 Å². The normalized spacial score (nSPS) is 31.5. The molecule has 5 nitrogen and oxygen atoms in total. The van der Waals surface area contributed by atoms with E-state index in [2.05, 4.69) is 87.8 Å². The van der Waals surface area contributed by atoms with E-state index in [1.807, 2.05) is 55.4 Å². The summed E-state index contributed by atoms with van der Waals surface area (Å²) in [7, 11) is 0. The molecule has 0 aromatic carbocycles. The number of hydrogen-bond donors (Lipinski definition) is 0. The van der Waals surface area contributed by atoms with Gasteiger partial charge in [0, 0.05) is 24.9 Å². The summed E-state index contributed by atoms with van der Waals surface area (Å²) < 4.78 is 15.4. The molecule has 6 saturated carbocycles. The molecular weight excluding hydrogens is 693 g/mol. The first-order valence-electron chi connectivity index (χ1n) is 24.4. The maximum Gasteiger partial charge on any atom is 0.309 e. The summed E-state index contributed by atoms with van der Waals surface area (Å²) in [6.45, 7) is 44.4. The predicted molar refractivity (Wildman–Crippen MR) is 244 cm³/mol. The van der Waals surface area contributed by atoms with Crippen LogP contribution in [0.3, 0.4) is 0 Å². The Hall–Kier alpha value is -1.10. The fraction of sp³-hybridized carbons (Fsp3) is 0.961. The van der Waals surface area contributed by atoms with Gasteiger partial charge in [-0.15, -0.1) is 0 Å². The third-order valence-electron chi connectivity index (χ3n) is 12.5. The lowest BCUT2D eigenvalue weighted by molar-refractivity contribution is -0.144. The van der Waals surface area contributed by atoms with Crippen LogP contribution in [-0.2, 0) is 23.8 Å². The van der Waals surface area contributed by atoms with Gasteiger partial charge in [0.1, 0.15) is 6.10 Å². The average Bonchev–Trinajstić information content (AvgIpc) is 3.99. The highest BCUT2D eigenvalue weighted by Crippen LogP contribution is 2.59. The monoisotopic (exact) mass is 795 g/mol. The fourth-order valence-electron chi connectivity index (χ4n) is 9.51. The molecule has 0 N–H and O–H groups in total. The van der Waals surface area contributed by atoms with Gasteiger partial charge >= 0.3 is 11.9 Å². The Kier molecular flexibility index (Phi) is 31.4. The first kappa shape index (κ1) is 57.0. The van der Waals surface area contributed by atoms with Crippen LogP contribution in [0.1, 0.15) is 216 Å². The van der Waals surface area contributed by atoms with Gasteiger partial charge in [-0.25, -0.2) is 0 Å². The molecule has 6 unspecified atom stereocenters. The molecule has 3 saturated heterocycles. The van der Waals surface area contributed by atoms with E-state index in [0.717, 1.165) is 43.1 Å². The molecule has 0 amide bonds. The average molecular weight is 795 g/mol. The minimum Gasteiger partial charge on any atom is -0.466 e. The number of carbonyl (C=O) groups excluding carboxylic acids is 2. The van der Waals surface area contributed by atoms with Crippen LogP contribution in [0.2, 0.25) is 0 Å². The standard InChI is InChI=1S/C11H16O2.C10H16.C7H14O.C7H16.C4H6O2.C4H10.4C2H6/c1-5(2)9-6-3-7-8(4-6)11(12)13-10(7)9;1-7-2-9-4-8(1)5-10(3-7)6-9;1-6(2)7-4-3-5-8-7;1-6(2)7(3,4)5;5-4-2-1-3-6-4;1-4(2)3;4*1-2/h5-10H,3-4H2,1-2H3;7-10H,1-6H2;6-7H,3-5H2,1-2H3;6H,1-5H3;1-3H2;4H,1-3H3;4*1-2H3. The lowest BCUT2D eigenvalue weighted by atomic mass is 9.56. The van der Waals surface area contributed by atoms with Crippen molar-refractivity contribution in [2.45, 2.75) is 228 Å². The summed E-state index contributed by atoms with van der Waals surface area (Å²) >= 11 is 0. The maximum atomic E-state index is 11.4. The van der Waals surface area contributed by atoms with Crippen molar-refractivity contribution >= 4 is 11.9 Å². The van der Waals surface area contributed by atoms with Gasteiger partial charge in [0.15, 0.2) is 0 Å². The molecule has 0 aromatic heterocycles. The van der Waals surface area contributed by atoms with E-state index >= 15 is 0 Å². The lowest BCUT2D eigenvalue weighted by Crippen LogP contribution is -2.38. The first-order valence-corrected chi connectivity index (χ1v) is 24.4. The third kappa shape index (κ3) is 20.7. The van der Waals surface area contributed by atoms with E-state index in [9.17, 15) is 9.59 Å². The van der Waals surface area contributed by atoms with E-state index in [1.54, 1.807) is 38.5 Å². The number of cyclic esters (lactones) is 1. The van der Waals surface area contributed by atoms with Gasteiger partial charge in [0.05, 0.1) is 18.6 Å². The van der Waals surface area contributed by atoms with Crippen molar-refractivity contribution in [1.82, 2.24) is 0 Å². The van der Waals surface area contributed by atoms with Crippen LogP contribution in [0.5, 0.6) is 0 Å². The summed E-state index contributed by atoms with van der Waals surface area (Å²) in [6, 6.07) is 0. The molecule has 9 rings (SSSR count). The van der Waals surface area contributed by atoms with Gasteiger partial charge < -0.3 is 14.2 Å². The SMILES string of the molecule is C1C2CC3CC1CC(C2)C3.CC.CC.CC.CC.CC(C)C.CC(C)C(C)(C)C.CC(C)C1C2CC3C(=O)OC1C3C2.CC(C)C1CCCO1.O=C1CCCO1. The summed E-state index contributed by atoms with van der Waals surface area (Å²) in [5.74, 6) is 10.1. The third-order valence-corrected chi connectivity index (χ3v) is 12.5. The van der Waals surface area contributed by atoms with Crippen LogP contribution in [-0.4, -0.2) is 37.4 Å². The molecule has 3 heterocycles. The van der Waals surface area contributed by atoms with Crippen molar-refractivity contribution < 1.29 is 23.8 Å². The molecule has 6 aliphatic carbocycles. The van der Waals surface area contributed by atoms with Crippen LogP contribution in [0.4, 0.5) is 0 Å². The Morgan fingerprint density at radius 3 is 1.27 bits per heavy atom. The van der Waals surface area contributed by atoms with Crippen molar-refractivity contribution in [2.75, 3.05) is 13.2 Å². The van der Waals surface area contributed by atoms with Crippen molar-refractivity contribution in [3.8, 4) is 0 Å². The zero-order valence-corrected chi connectivity index (χ0v) is 41.5. The molecule has 9 fully saturated rings. The Labute approximate surface area is 352 Å². The molecule has 6 atom stereocenters. The zero-order valence-electron chi connectivity index (χ0n) is 41.5. The second-order valence-corrected chi connectivity index (χ2v) is 19.5. The molecule has 336 valence electrons. The summed E-state index contributed by atoms with van der Waals surface area (Å²) in [4.78, 5) is 21.5. The lowest BCUT2D eigenvalue weighted by Gasteiger charge is -2.49. The largest absolute Gasteiger partial charge is 0.466 e. The molecule has 0 radical (unpaired) electrons. The number of carbonyl (C=O) groups is 2. The molecule has 56 heavy (non-hydrogen) atoms. The first-order chi connectivity index (χ1) is 26.5. The van der Waals surface area contributed by atoms with E-state index in [4.69, 9.17) is 9.47 Å². The molecule has 9 aliphatic rings. The quantitative estimate of drug-likeness (QED) is 0.261. The van der Waals surface area contributed by atoms with Crippen molar-refractivity contribution in [2.24, 2.45) is 76.4 Å². The van der Waals surface area contributed by atoms with E-state index in [-0.39, 0.29) is 24.0 Å². The molecule has 5 heteroatoms. The fourth-order valence-corrected chi connectivity index (χ4v) is 9.51. The highest BCUT2D eigenvalue weighted by molar-refractivity contribution is 5.76. The Balaban J connectivity index is 0. The highest BCUT2D eigenvalue weighted by Gasteiger charge is 2.62. The number of ether oxygens (including phenoxy) is 3. The Morgan fingerprint density at radius 1 is 0.589 bits per heavy atom. The smallest absolute Gasteiger partial charge is 0.309 e. The second-order valence-electron chi connectivity index (χ2n) is 19.5. The molecule has 0 aromatic rings. The van der Waals surface area contributed by atoms with Crippen LogP contribution in [0, 0.1) is 76.4 Å². The molecule has 3 aliphatic heterocycles.